The molecule has 0 aromatic carbocycles. The lowest BCUT2D eigenvalue weighted by molar-refractivity contribution is -0.135. The van der Waals surface area contributed by atoms with Gasteiger partial charge in [-0.2, -0.15) is 0 Å². The molecule has 2 aliphatic heterocycles. The first-order valence-corrected chi connectivity index (χ1v) is 9.35. The van der Waals surface area contributed by atoms with E-state index in [1.165, 1.54) is 25.5 Å². The zero-order chi connectivity index (χ0) is 17.3. The van der Waals surface area contributed by atoms with Gasteiger partial charge in [0.2, 0.25) is 5.91 Å². The van der Waals surface area contributed by atoms with Gasteiger partial charge < -0.3 is 19.0 Å². The average Bonchev–Trinajstić information content (AvgIpc) is 3.27. The van der Waals surface area contributed by atoms with Gasteiger partial charge >= 0.3 is 0 Å². The summed E-state index contributed by atoms with van der Waals surface area (Å²) in [6.45, 7) is 4.30. The van der Waals surface area contributed by atoms with Crippen molar-refractivity contribution in [3.05, 3.63) is 24.2 Å². The van der Waals surface area contributed by atoms with Crippen LogP contribution < -0.4 is 0 Å². The van der Waals surface area contributed by atoms with Gasteiger partial charge in [0, 0.05) is 32.6 Å². The topological polar surface area (TPSA) is 63.0 Å². The normalized spacial score (nSPS) is 25.2. The van der Waals surface area contributed by atoms with Crippen LogP contribution in [-0.4, -0.2) is 61.0 Å². The quantitative estimate of drug-likeness (QED) is 0.838. The van der Waals surface area contributed by atoms with Gasteiger partial charge in [0.15, 0.2) is 0 Å². The zero-order valence-electron chi connectivity index (χ0n) is 14.6. The maximum absolute atomic E-state index is 12.6. The van der Waals surface area contributed by atoms with Gasteiger partial charge in [-0.3, -0.25) is 9.59 Å². The highest BCUT2D eigenvalue weighted by Crippen LogP contribution is 2.53. The molecule has 1 saturated carbocycles. The van der Waals surface area contributed by atoms with E-state index in [9.17, 15) is 9.59 Å². The van der Waals surface area contributed by atoms with Gasteiger partial charge in [-0.25, -0.2) is 0 Å². The Kier molecular flexibility index (Phi) is 4.54. The minimum Gasteiger partial charge on any atom is -0.472 e. The van der Waals surface area contributed by atoms with E-state index in [0.717, 1.165) is 19.5 Å². The second kappa shape index (κ2) is 6.83. The molecule has 1 aromatic heterocycles. The summed E-state index contributed by atoms with van der Waals surface area (Å²) in [7, 11) is 0. The van der Waals surface area contributed by atoms with Gasteiger partial charge in [0.25, 0.3) is 5.91 Å². The van der Waals surface area contributed by atoms with Crippen molar-refractivity contribution in [1.29, 1.82) is 0 Å². The van der Waals surface area contributed by atoms with Gasteiger partial charge in [0.1, 0.15) is 6.26 Å². The molecule has 3 fully saturated rings. The molecule has 1 aliphatic carbocycles. The fraction of sp³-hybridized carbons (Fsp3) is 0.684. The number of amides is 2. The lowest BCUT2D eigenvalue weighted by atomic mass is 9.62. The first kappa shape index (κ1) is 16.6. The van der Waals surface area contributed by atoms with Gasteiger partial charge in [-0.1, -0.05) is 6.42 Å². The third kappa shape index (κ3) is 3.19. The number of hydrogen-bond acceptors (Lipinski definition) is 4. The molecule has 0 radical (unpaired) electrons. The number of morpholine rings is 1. The molecule has 0 N–H and O–H groups in total. The van der Waals surface area contributed by atoms with E-state index in [-0.39, 0.29) is 17.2 Å². The Morgan fingerprint density at radius 1 is 1.20 bits per heavy atom. The maximum Gasteiger partial charge on any atom is 0.257 e. The Bertz CT molecular complexity index is 617. The molecule has 1 unspecified atom stereocenters. The molecule has 4 rings (SSSR count). The van der Waals surface area contributed by atoms with Crippen molar-refractivity contribution in [1.82, 2.24) is 9.80 Å². The van der Waals surface area contributed by atoms with E-state index in [4.69, 9.17) is 9.15 Å². The van der Waals surface area contributed by atoms with Gasteiger partial charge in [-0.05, 0) is 36.7 Å². The van der Waals surface area contributed by atoms with E-state index >= 15 is 0 Å². The standard InChI is InChI=1S/C19H26N2O4/c22-17(20-7-10-24-11-8-20)3-2-16-12-21(14-19(16)5-1-6-19)18(23)15-4-9-25-13-15/h4,9,13,16H,1-3,5-8,10-12,14H2. The molecule has 136 valence electrons. The number of hydrogen-bond donors (Lipinski definition) is 0. The van der Waals surface area contributed by atoms with Crippen LogP contribution in [0.2, 0.25) is 0 Å². The number of carbonyl (C=O) groups excluding carboxylic acids is 2. The molecule has 2 saturated heterocycles. The summed E-state index contributed by atoms with van der Waals surface area (Å²) in [5.41, 5.74) is 0.865. The fourth-order valence-corrected chi connectivity index (χ4v) is 4.62. The van der Waals surface area contributed by atoms with Gasteiger partial charge in [-0.15, -0.1) is 0 Å². The third-order valence-electron chi connectivity index (χ3n) is 6.29. The van der Waals surface area contributed by atoms with Crippen LogP contribution >= 0.6 is 0 Å². The van der Waals surface area contributed by atoms with E-state index in [0.29, 0.717) is 44.2 Å². The smallest absolute Gasteiger partial charge is 0.257 e. The monoisotopic (exact) mass is 346 g/mol. The van der Waals surface area contributed by atoms with Crippen molar-refractivity contribution < 1.29 is 18.7 Å². The Balaban J connectivity index is 1.37. The Morgan fingerprint density at radius 3 is 2.64 bits per heavy atom. The highest BCUT2D eigenvalue weighted by atomic mass is 16.5. The minimum absolute atomic E-state index is 0.0574. The van der Waals surface area contributed by atoms with Gasteiger partial charge in [0.05, 0.1) is 25.0 Å². The molecule has 2 amide bonds. The molecule has 3 aliphatic rings. The average molecular weight is 346 g/mol. The van der Waals surface area contributed by atoms with E-state index in [1.807, 2.05) is 9.80 Å². The number of furan rings is 1. The number of likely N-dealkylation sites (tertiary alicyclic amines) is 1. The number of carbonyl (C=O) groups is 2. The van der Waals surface area contributed by atoms with Crippen LogP contribution in [-0.2, 0) is 9.53 Å². The van der Waals surface area contributed by atoms with Crippen LogP contribution in [0.1, 0.15) is 42.5 Å². The highest BCUT2D eigenvalue weighted by molar-refractivity contribution is 5.94. The molecule has 0 bridgehead atoms. The second-order valence-electron chi connectivity index (χ2n) is 7.64. The lowest BCUT2D eigenvalue weighted by Gasteiger charge is -2.43. The molecule has 6 nitrogen and oxygen atoms in total. The summed E-state index contributed by atoms with van der Waals surface area (Å²) in [5.74, 6) is 0.724. The summed E-state index contributed by atoms with van der Waals surface area (Å²) in [6, 6.07) is 1.73. The van der Waals surface area contributed by atoms with Crippen molar-refractivity contribution in [3.63, 3.8) is 0 Å². The first-order valence-electron chi connectivity index (χ1n) is 9.35. The largest absolute Gasteiger partial charge is 0.472 e. The summed E-state index contributed by atoms with van der Waals surface area (Å²) >= 11 is 0. The SMILES string of the molecule is O=C(CCC1CN(C(=O)c2ccoc2)CC12CCC2)N1CCOCC1. The van der Waals surface area contributed by atoms with Crippen LogP contribution in [0.3, 0.4) is 0 Å². The van der Waals surface area contributed by atoms with Crippen LogP contribution in [0.25, 0.3) is 0 Å². The van der Waals surface area contributed by atoms with Crippen molar-refractivity contribution in [2.75, 3.05) is 39.4 Å². The fourth-order valence-electron chi connectivity index (χ4n) is 4.62. The minimum atomic E-state index is 0.0574. The molecule has 25 heavy (non-hydrogen) atoms. The van der Waals surface area contributed by atoms with Crippen LogP contribution in [0.15, 0.2) is 23.0 Å². The molecule has 1 aromatic rings. The van der Waals surface area contributed by atoms with Crippen molar-refractivity contribution in [3.8, 4) is 0 Å². The molecule has 1 spiro atoms. The van der Waals surface area contributed by atoms with Crippen molar-refractivity contribution in [2.45, 2.75) is 32.1 Å². The van der Waals surface area contributed by atoms with E-state index < -0.39 is 0 Å². The number of ether oxygens (including phenoxy) is 1. The Hall–Kier alpha value is -1.82. The Morgan fingerprint density at radius 2 is 2.00 bits per heavy atom. The Labute approximate surface area is 148 Å². The van der Waals surface area contributed by atoms with Crippen LogP contribution in [0.4, 0.5) is 0 Å². The molecular weight excluding hydrogens is 320 g/mol. The first-order chi connectivity index (χ1) is 12.2. The molecule has 6 heteroatoms. The van der Waals surface area contributed by atoms with Crippen LogP contribution in [0, 0.1) is 11.3 Å². The third-order valence-corrected chi connectivity index (χ3v) is 6.29. The predicted molar refractivity (Wildman–Crippen MR) is 91.0 cm³/mol. The van der Waals surface area contributed by atoms with Crippen LogP contribution in [0.5, 0.6) is 0 Å². The van der Waals surface area contributed by atoms with Crippen molar-refractivity contribution >= 4 is 11.8 Å². The molecular formula is C19H26N2O4. The lowest BCUT2D eigenvalue weighted by Crippen LogP contribution is -2.42. The summed E-state index contributed by atoms with van der Waals surface area (Å²) < 4.78 is 10.4. The number of nitrogens with zero attached hydrogens (tertiary/aromatic N) is 2. The van der Waals surface area contributed by atoms with E-state index in [1.54, 1.807) is 12.3 Å². The second-order valence-corrected chi connectivity index (χ2v) is 7.64. The summed E-state index contributed by atoms with van der Waals surface area (Å²) in [4.78, 5) is 29.0. The van der Waals surface area contributed by atoms with E-state index in [2.05, 4.69) is 0 Å². The molecule has 3 heterocycles. The van der Waals surface area contributed by atoms with Crippen molar-refractivity contribution in [2.24, 2.45) is 11.3 Å². The molecule has 1 atom stereocenters. The summed E-state index contributed by atoms with van der Waals surface area (Å²) in [5, 5.41) is 0. The maximum atomic E-state index is 12.6. The summed E-state index contributed by atoms with van der Waals surface area (Å²) in [6.07, 6.45) is 8.12. The zero-order valence-corrected chi connectivity index (χ0v) is 14.6. The predicted octanol–water partition coefficient (Wildman–Crippen LogP) is 2.16. The number of rotatable bonds is 4. The highest BCUT2D eigenvalue weighted by Gasteiger charge is 2.51.